The normalized spacial score (nSPS) is 13.5. The van der Waals surface area contributed by atoms with E-state index in [1.165, 1.54) is 167 Å². The van der Waals surface area contributed by atoms with Crippen molar-refractivity contribution in [3.8, 4) is 0 Å². The molecule has 97 heavy (non-hydrogen) atoms. The molecular weight excluding hydrogens is 1200 g/mol. The van der Waals surface area contributed by atoms with Crippen LogP contribution in [0.4, 0.5) is 0 Å². The number of carbonyl (C=O) groups is 3. The maximum atomic E-state index is 13.0. The van der Waals surface area contributed by atoms with Gasteiger partial charge in [0.1, 0.15) is 13.2 Å². The van der Waals surface area contributed by atoms with Gasteiger partial charge in [-0.05, 0) is 122 Å². The number of quaternary nitrogens is 1. The second kappa shape index (κ2) is 76.7. The van der Waals surface area contributed by atoms with E-state index in [9.17, 15) is 19.5 Å². The van der Waals surface area contributed by atoms with Crippen molar-refractivity contribution in [3.05, 3.63) is 158 Å². The van der Waals surface area contributed by atoms with E-state index < -0.39 is 24.3 Å². The Bertz CT molecular complexity index is 2160. The average Bonchev–Trinajstić information content (AvgIpc) is 3.27. The molecule has 9 nitrogen and oxygen atoms in total. The zero-order valence-electron chi connectivity index (χ0n) is 63.1. The van der Waals surface area contributed by atoms with Crippen molar-refractivity contribution in [2.75, 3.05) is 47.5 Å². The van der Waals surface area contributed by atoms with Gasteiger partial charge in [0.05, 0.1) is 40.3 Å². The lowest BCUT2D eigenvalue weighted by Gasteiger charge is -2.26. The molecule has 0 saturated carbocycles. The van der Waals surface area contributed by atoms with E-state index in [-0.39, 0.29) is 38.6 Å². The molecular formula is C88H147NO8. The number of unbranched alkanes of at least 4 members (excludes halogenated alkanes) is 31. The third-order valence-electron chi connectivity index (χ3n) is 16.8. The number of carboxylic acid groups (broad SMARTS) is 1. The maximum absolute atomic E-state index is 13.0. The van der Waals surface area contributed by atoms with Crippen molar-refractivity contribution in [2.24, 2.45) is 0 Å². The van der Waals surface area contributed by atoms with Crippen LogP contribution in [0.1, 0.15) is 322 Å². The first-order valence-electron chi connectivity index (χ1n) is 39.6. The van der Waals surface area contributed by atoms with Crippen LogP contribution in [-0.2, 0) is 33.3 Å². The van der Waals surface area contributed by atoms with Crippen molar-refractivity contribution in [1.29, 1.82) is 0 Å². The number of aliphatic carboxylic acids is 1. The van der Waals surface area contributed by atoms with Gasteiger partial charge in [0.15, 0.2) is 12.4 Å². The molecule has 0 N–H and O–H groups in total. The van der Waals surface area contributed by atoms with Gasteiger partial charge in [-0.1, -0.05) is 345 Å². The number of carbonyl (C=O) groups excluding carboxylic acids is 3. The topological polar surface area (TPSA) is 111 Å². The van der Waals surface area contributed by atoms with Gasteiger partial charge in [0.25, 0.3) is 0 Å². The zero-order chi connectivity index (χ0) is 70.4. The third-order valence-corrected chi connectivity index (χ3v) is 16.8. The van der Waals surface area contributed by atoms with Gasteiger partial charge in [-0.3, -0.25) is 9.59 Å². The molecule has 0 aliphatic heterocycles. The number of rotatable bonds is 72. The summed E-state index contributed by atoms with van der Waals surface area (Å²) in [5, 5.41) is 11.9. The molecule has 0 fully saturated rings. The van der Waals surface area contributed by atoms with Crippen LogP contribution in [0.15, 0.2) is 158 Å². The Balaban J connectivity index is 4.07. The molecule has 0 spiro atoms. The van der Waals surface area contributed by atoms with Gasteiger partial charge in [0, 0.05) is 12.8 Å². The summed E-state index contributed by atoms with van der Waals surface area (Å²) >= 11 is 0. The first-order valence-corrected chi connectivity index (χ1v) is 39.6. The number of likely N-dealkylation sites (N-methyl/N-ethyl adjacent to an activating group) is 1. The number of allylic oxidation sites excluding steroid dienone is 26. The molecule has 0 amide bonds. The summed E-state index contributed by atoms with van der Waals surface area (Å²) in [6.07, 6.45) is 111. The van der Waals surface area contributed by atoms with Crippen LogP contribution in [0.3, 0.4) is 0 Å². The summed E-state index contributed by atoms with van der Waals surface area (Å²) < 4.78 is 22.9. The summed E-state index contributed by atoms with van der Waals surface area (Å²) in [6, 6.07) is 0. The molecule has 0 aromatic carbocycles. The van der Waals surface area contributed by atoms with Crippen molar-refractivity contribution in [2.45, 2.75) is 334 Å². The maximum Gasteiger partial charge on any atom is 0.306 e. The minimum Gasteiger partial charge on any atom is -0.545 e. The number of hydrogen-bond donors (Lipinski definition) is 0. The molecule has 0 aromatic heterocycles. The van der Waals surface area contributed by atoms with Crippen molar-refractivity contribution in [1.82, 2.24) is 0 Å². The van der Waals surface area contributed by atoms with E-state index in [1.54, 1.807) is 0 Å². The summed E-state index contributed by atoms with van der Waals surface area (Å²) in [5.74, 6) is -2.28. The van der Waals surface area contributed by atoms with E-state index >= 15 is 0 Å². The summed E-state index contributed by atoms with van der Waals surface area (Å²) in [7, 11) is 5.93. The van der Waals surface area contributed by atoms with Gasteiger partial charge >= 0.3 is 11.9 Å². The highest BCUT2D eigenvalue weighted by atomic mass is 16.7. The minimum absolute atomic E-state index is 0.143. The molecule has 0 radical (unpaired) electrons. The lowest BCUT2D eigenvalue weighted by Crippen LogP contribution is -2.44. The Hall–Kier alpha value is -5.09. The van der Waals surface area contributed by atoms with Gasteiger partial charge in [0.2, 0.25) is 0 Å². The molecule has 0 bridgehead atoms. The Labute approximate surface area is 597 Å². The molecule has 0 rings (SSSR count). The molecule has 0 saturated heterocycles. The van der Waals surface area contributed by atoms with Gasteiger partial charge in [-0.25, -0.2) is 0 Å². The monoisotopic (exact) mass is 1350 g/mol. The average molecular weight is 1350 g/mol. The second-order valence-corrected chi connectivity index (χ2v) is 27.2. The Kier molecular flexibility index (Phi) is 72.6. The van der Waals surface area contributed by atoms with E-state index in [0.717, 1.165) is 122 Å². The Morgan fingerprint density at radius 1 is 0.309 bits per heavy atom. The SMILES string of the molecule is CC/C=C\C/C=C\C/C=C\C/C=C\C/C=C\C/C=C\C/C=C\C/C=C\C/C=C\CCCCCCCCCCCCCCCC(=O)OC(COC(=O)CCCCCCCCCCCCCCCCCCCC/C=C\C/C=C\C/C=C\C/C=C\CC)COC(OCC[N+](C)(C)C)C(=O)[O-]. The van der Waals surface area contributed by atoms with E-state index in [0.29, 0.717) is 17.4 Å². The standard InChI is InChI=1S/C88H147NO8/c1-6-8-10-12-14-16-18-20-22-24-26-28-30-32-34-36-38-39-40-41-42-43-44-45-46-47-49-51-53-55-57-59-61-63-65-67-69-71-73-75-77-79-86(91)97-84(83-96-88(87(92)93)94-81-80-89(3,4)5)82-95-85(90)78-76-74-72-70-68-66-64-62-60-58-56-54-52-50-48-37-35-33-31-29-27-25-23-21-19-17-15-13-11-9-7-2/h8-11,14-17,20-23,26-29,32,34,38-39,41-42,44-45,47,49,84,88H,6-7,12-13,18-19,24-25,30-31,33,35-37,40,43,46,48,50-83H2,1-5H3/b10-8-,11-9-,16-14-,17-15-,22-20-,23-21-,28-26-,29-27-,34-32-,39-38-,42-41-,45-44-,49-47-. The van der Waals surface area contributed by atoms with Crippen LogP contribution in [0, 0.1) is 0 Å². The smallest absolute Gasteiger partial charge is 0.306 e. The van der Waals surface area contributed by atoms with Crippen molar-refractivity contribution in [3.63, 3.8) is 0 Å². The predicted molar refractivity (Wildman–Crippen MR) is 416 cm³/mol. The summed E-state index contributed by atoms with van der Waals surface area (Å²) in [6.45, 7) is 4.54. The fourth-order valence-electron chi connectivity index (χ4n) is 10.8. The minimum atomic E-state index is -1.63. The molecule has 0 heterocycles. The Morgan fingerprint density at radius 2 is 0.557 bits per heavy atom. The van der Waals surface area contributed by atoms with Crippen LogP contribution in [0.5, 0.6) is 0 Å². The largest absolute Gasteiger partial charge is 0.545 e. The first-order chi connectivity index (χ1) is 47.6. The molecule has 2 atom stereocenters. The summed E-state index contributed by atoms with van der Waals surface area (Å²) in [4.78, 5) is 37.6. The van der Waals surface area contributed by atoms with Crippen LogP contribution >= 0.6 is 0 Å². The van der Waals surface area contributed by atoms with E-state index in [2.05, 4.69) is 172 Å². The van der Waals surface area contributed by atoms with Crippen LogP contribution < -0.4 is 5.11 Å². The molecule has 552 valence electrons. The summed E-state index contributed by atoms with van der Waals surface area (Å²) in [5.41, 5.74) is 0. The van der Waals surface area contributed by atoms with Crippen LogP contribution in [0.2, 0.25) is 0 Å². The number of carboxylic acids is 1. The third kappa shape index (κ3) is 78.1. The van der Waals surface area contributed by atoms with Gasteiger partial charge < -0.3 is 33.3 Å². The molecule has 0 aromatic rings. The lowest BCUT2D eigenvalue weighted by atomic mass is 10.0. The van der Waals surface area contributed by atoms with E-state index in [4.69, 9.17) is 18.9 Å². The van der Waals surface area contributed by atoms with Crippen LogP contribution in [-0.4, -0.2) is 82.3 Å². The highest BCUT2D eigenvalue weighted by molar-refractivity contribution is 5.70. The van der Waals surface area contributed by atoms with Crippen molar-refractivity contribution >= 4 is 17.9 Å². The van der Waals surface area contributed by atoms with Gasteiger partial charge in [-0.15, -0.1) is 0 Å². The second-order valence-electron chi connectivity index (χ2n) is 27.2. The predicted octanol–water partition coefficient (Wildman–Crippen LogP) is 24.3. The van der Waals surface area contributed by atoms with Crippen molar-refractivity contribution < 1.29 is 42.9 Å². The first kappa shape index (κ1) is 91.9. The number of hydrogen-bond acceptors (Lipinski definition) is 8. The lowest BCUT2D eigenvalue weighted by molar-refractivity contribution is -0.870. The fraction of sp³-hybridized carbons (Fsp3) is 0.670. The number of esters is 2. The van der Waals surface area contributed by atoms with Gasteiger partial charge in [-0.2, -0.15) is 0 Å². The zero-order valence-corrected chi connectivity index (χ0v) is 63.1. The van der Waals surface area contributed by atoms with E-state index in [1.807, 2.05) is 21.1 Å². The highest BCUT2D eigenvalue weighted by Crippen LogP contribution is 2.18. The molecule has 9 heteroatoms. The fourth-order valence-corrected chi connectivity index (χ4v) is 10.8. The van der Waals surface area contributed by atoms with Crippen LogP contribution in [0.25, 0.3) is 0 Å². The molecule has 0 aliphatic rings. The quantitative estimate of drug-likeness (QED) is 0.0195. The molecule has 2 unspecified atom stereocenters. The highest BCUT2D eigenvalue weighted by Gasteiger charge is 2.22. The Morgan fingerprint density at radius 3 is 0.825 bits per heavy atom. The molecule has 0 aliphatic carbocycles. The number of ether oxygens (including phenoxy) is 4. The number of nitrogens with zero attached hydrogens (tertiary/aromatic N) is 1.